The minimum atomic E-state index is -0.436. The maximum Gasteiger partial charge on any atom is 0.274 e. The minimum Gasteiger partial charge on any atom is -0.505 e. The molecule has 0 radical (unpaired) electrons. The molecule has 2 aromatic rings. The number of hydrogen-bond donors (Lipinski definition) is 2. The smallest absolute Gasteiger partial charge is 0.274 e. The molecule has 2 rings (SSSR count). The molecule has 0 atom stereocenters. The Morgan fingerprint density at radius 1 is 1.37 bits per heavy atom. The number of nitrogens with one attached hydrogen (secondary N) is 1. The van der Waals surface area contributed by atoms with Crippen molar-refractivity contribution in [3.05, 3.63) is 47.9 Å². The van der Waals surface area contributed by atoms with Crippen LogP contribution in [-0.2, 0) is 6.54 Å². The van der Waals surface area contributed by atoms with Gasteiger partial charge in [0.2, 0.25) is 5.88 Å². The standard InChI is InChI=1S/C13H13N3O3/c1-19-11-5-4-9(7-15-11)8-16-13(18)12-10(17)3-2-6-14-12/h2-7,17H,8H2,1H3,(H,16,18). The molecule has 0 bridgehead atoms. The molecule has 19 heavy (non-hydrogen) atoms. The summed E-state index contributed by atoms with van der Waals surface area (Å²) in [7, 11) is 1.54. The summed E-state index contributed by atoms with van der Waals surface area (Å²) in [5.74, 6) is -0.0702. The molecule has 0 fully saturated rings. The Morgan fingerprint density at radius 2 is 2.21 bits per heavy atom. The highest BCUT2D eigenvalue weighted by Gasteiger charge is 2.11. The van der Waals surface area contributed by atoms with Gasteiger partial charge in [0.1, 0.15) is 5.75 Å². The second-order valence-corrected chi connectivity index (χ2v) is 3.76. The van der Waals surface area contributed by atoms with Crippen LogP contribution in [-0.4, -0.2) is 28.1 Å². The van der Waals surface area contributed by atoms with E-state index in [0.29, 0.717) is 12.4 Å². The van der Waals surface area contributed by atoms with E-state index in [1.807, 2.05) is 0 Å². The fraction of sp³-hybridized carbons (Fsp3) is 0.154. The number of aromatic hydroxyl groups is 1. The summed E-state index contributed by atoms with van der Waals surface area (Å²) < 4.78 is 4.94. The zero-order valence-electron chi connectivity index (χ0n) is 10.3. The number of ether oxygens (including phenoxy) is 1. The van der Waals surface area contributed by atoms with Crippen molar-refractivity contribution in [2.45, 2.75) is 6.54 Å². The molecule has 6 nitrogen and oxygen atoms in total. The molecule has 2 aromatic heterocycles. The highest BCUT2D eigenvalue weighted by atomic mass is 16.5. The molecule has 2 heterocycles. The van der Waals surface area contributed by atoms with Crippen molar-refractivity contribution in [2.75, 3.05) is 7.11 Å². The van der Waals surface area contributed by atoms with Crippen LogP contribution < -0.4 is 10.1 Å². The molecule has 98 valence electrons. The number of methoxy groups -OCH3 is 1. The molecule has 2 N–H and O–H groups in total. The number of nitrogens with zero attached hydrogens (tertiary/aromatic N) is 2. The van der Waals surface area contributed by atoms with Gasteiger partial charge in [-0.3, -0.25) is 4.79 Å². The van der Waals surface area contributed by atoms with Crippen molar-refractivity contribution >= 4 is 5.91 Å². The van der Waals surface area contributed by atoms with E-state index in [0.717, 1.165) is 5.56 Å². The molecule has 1 amide bonds. The van der Waals surface area contributed by atoms with E-state index in [2.05, 4.69) is 15.3 Å². The first kappa shape index (κ1) is 12.8. The van der Waals surface area contributed by atoms with Gasteiger partial charge in [-0.05, 0) is 17.7 Å². The van der Waals surface area contributed by atoms with Gasteiger partial charge in [0.05, 0.1) is 7.11 Å². The van der Waals surface area contributed by atoms with Gasteiger partial charge in [-0.1, -0.05) is 6.07 Å². The predicted molar refractivity (Wildman–Crippen MR) is 67.9 cm³/mol. The van der Waals surface area contributed by atoms with E-state index >= 15 is 0 Å². The van der Waals surface area contributed by atoms with Crippen LogP contribution in [0, 0.1) is 0 Å². The molecule has 6 heteroatoms. The van der Waals surface area contributed by atoms with Crippen LogP contribution in [0.3, 0.4) is 0 Å². The van der Waals surface area contributed by atoms with Crippen LogP contribution in [0.1, 0.15) is 16.1 Å². The third-order valence-electron chi connectivity index (χ3n) is 2.46. The lowest BCUT2D eigenvalue weighted by Gasteiger charge is -2.06. The zero-order chi connectivity index (χ0) is 13.7. The fourth-order valence-electron chi connectivity index (χ4n) is 1.47. The molecule has 0 saturated carbocycles. The van der Waals surface area contributed by atoms with Crippen LogP contribution in [0.2, 0.25) is 0 Å². The molecule has 0 spiro atoms. The second-order valence-electron chi connectivity index (χ2n) is 3.76. The van der Waals surface area contributed by atoms with E-state index in [-0.39, 0.29) is 11.4 Å². The van der Waals surface area contributed by atoms with E-state index in [1.165, 1.54) is 19.4 Å². The van der Waals surface area contributed by atoms with E-state index in [4.69, 9.17) is 4.74 Å². The maximum absolute atomic E-state index is 11.8. The first-order valence-corrected chi connectivity index (χ1v) is 5.62. The Labute approximate surface area is 110 Å². The first-order chi connectivity index (χ1) is 9.20. The van der Waals surface area contributed by atoms with E-state index < -0.39 is 5.91 Å². The number of carbonyl (C=O) groups is 1. The predicted octanol–water partition coefficient (Wildman–Crippen LogP) is 1.12. The number of amides is 1. The van der Waals surface area contributed by atoms with Gasteiger partial charge in [0, 0.05) is 25.0 Å². The average molecular weight is 259 g/mol. The summed E-state index contributed by atoms with van der Waals surface area (Å²) >= 11 is 0. The van der Waals surface area contributed by atoms with Gasteiger partial charge in [-0.15, -0.1) is 0 Å². The van der Waals surface area contributed by atoms with Gasteiger partial charge >= 0.3 is 0 Å². The highest BCUT2D eigenvalue weighted by Crippen LogP contribution is 2.12. The largest absolute Gasteiger partial charge is 0.505 e. The van der Waals surface area contributed by atoms with Crippen molar-refractivity contribution in [3.63, 3.8) is 0 Å². The Kier molecular flexibility index (Phi) is 3.92. The quantitative estimate of drug-likeness (QED) is 0.859. The van der Waals surface area contributed by atoms with Gasteiger partial charge in [-0.2, -0.15) is 0 Å². The third-order valence-corrected chi connectivity index (χ3v) is 2.46. The second kappa shape index (κ2) is 5.81. The number of aromatic nitrogens is 2. The molecule has 0 unspecified atom stereocenters. The van der Waals surface area contributed by atoms with Gasteiger partial charge in [0.25, 0.3) is 5.91 Å². The highest BCUT2D eigenvalue weighted by molar-refractivity contribution is 5.94. The lowest BCUT2D eigenvalue weighted by atomic mass is 10.2. The summed E-state index contributed by atoms with van der Waals surface area (Å²) in [6.45, 7) is 0.297. The number of hydrogen-bond acceptors (Lipinski definition) is 5. The van der Waals surface area contributed by atoms with Crippen molar-refractivity contribution in [1.29, 1.82) is 0 Å². The topological polar surface area (TPSA) is 84.3 Å². The number of pyridine rings is 2. The summed E-state index contributed by atoms with van der Waals surface area (Å²) in [6.07, 6.45) is 3.06. The van der Waals surface area contributed by atoms with Crippen molar-refractivity contribution < 1.29 is 14.6 Å². The minimum absolute atomic E-state index is 0.00368. The normalized spacial score (nSPS) is 9.95. The number of rotatable bonds is 4. The molecule has 0 aliphatic rings. The molecular weight excluding hydrogens is 246 g/mol. The summed E-state index contributed by atoms with van der Waals surface area (Å²) in [5, 5.41) is 12.1. The Balaban J connectivity index is 1.98. The SMILES string of the molecule is COc1ccc(CNC(=O)c2ncccc2O)cn1. The van der Waals surface area contributed by atoms with Crippen LogP contribution in [0.4, 0.5) is 0 Å². The van der Waals surface area contributed by atoms with Crippen molar-refractivity contribution in [2.24, 2.45) is 0 Å². The Morgan fingerprint density at radius 3 is 2.84 bits per heavy atom. The summed E-state index contributed by atoms with van der Waals surface area (Å²) in [4.78, 5) is 19.6. The lowest BCUT2D eigenvalue weighted by Crippen LogP contribution is -2.23. The third kappa shape index (κ3) is 3.19. The van der Waals surface area contributed by atoms with Crippen LogP contribution in [0.5, 0.6) is 11.6 Å². The molecule has 0 aliphatic heterocycles. The molecule has 0 aromatic carbocycles. The molecule has 0 saturated heterocycles. The van der Waals surface area contributed by atoms with E-state index in [1.54, 1.807) is 24.4 Å². The zero-order valence-corrected chi connectivity index (χ0v) is 10.3. The monoisotopic (exact) mass is 259 g/mol. The van der Waals surface area contributed by atoms with Crippen molar-refractivity contribution in [1.82, 2.24) is 15.3 Å². The van der Waals surface area contributed by atoms with Gasteiger partial charge in [0.15, 0.2) is 5.69 Å². The van der Waals surface area contributed by atoms with Crippen LogP contribution in [0.25, 0.3) is 0 Å². The average Bonchev–Trinajstić information content (AvgIpc) is 2.46. The first-order valence-electron chi connectivity index (χ1n) is 5.62. The number of carbonyl (C=O) groups excluding carboxylic acids is 1. The van der Waals surface area contributed by atoms with Crippen LogP contribution >= 0.6 is 0 Å². The lowest BCUT2D eigenvalue weighted by molar-refractivity contribution is 0.0943. The maximum atomic E-state index is 11.8. The summed E-state index contributed by atoms with van der Waals surface area (Å²) in [6, 6.07) is 6.47. The summed E-state index contributed by atoms with van der Waals surface area (Å²) in [5.41, 5.74) is 0.827. The van der Waals surface area contributed by atoms with Gasteiger partial charge < -0.3 is 15.2 Å². The van der Waals surface area contributed by atoms with E-state index in [9.17, 15) is 9.90 Å². The molecule has 0 aliphatic carbocycles. The van der Waals surface area contributed by atoms with Crippen molar-refractivity contribution in [3.8, 4) is 11.6 Å². The van der Waals surface area contributed by atoms with Crippen LogP contribution in [0.15, 0.2) is 36.7 Å². The Bertz CT molecular complexity index is 570. The Hall–Kier alpha value is -2.63. The van der Waals surface area contributed by atoms with Gasteiger partial charge in [-0.25, -0.2) is 9.97 Å². The fourth-order valence-corrected chi connectivity index (χ4v) is 1.47. The molecular formula is C13H13N3O3.